The second-order valence-electron chi connectivity index (χ2n) is 5.66. The Labute approximate surface area is 135 Å². The van der Waals surface area contributed by atoms with Crippen LogP contribution in [0.3, 0.4) is 0 Å². The standard InChI is InChI=1S/C15H21FN2O4S/c1-18(7-8-22-14-5-3-2-4-13(14)16)15(19)17-10-12-6-9-23(20,21)11-12/h2-5,12H,6-11H2,1H3,(H,17,19)/t12-/m1/s1. The van der Waals surface area contributed by atoms with Crippen LogP contribution in [0.5, 0.6) is 5.75 Å². The molecule has 23 heavy (non-hydrogen) atoms. The van der Waals surface area contributed by atoms with Crippen LogP contribution >= 0.6 is 0 Å². The molecule has 6 nitrogen and oxygen atoms in total. The van der Waals surface area contributed by atoms with Crippen molar-refractivity contribution >= 4 is 15.9 Å². The highest BCUT2D eigenvalue weighted by Crippen LogP contribution is 2.17. The van der Waals surface area contributed by atoms with E-state index in [2.05, 4.69) is 5.32 Å². The van der Waals surface area contributed by atoms with Gasteiger partial charge in [-0.3, -0.25) is 0 Å². The van der Waals surface area contributed by atoms with E-state index in [1.807, 2.05) is 0 Å². The van der Waals surface area contributed by atoms with E-state index in [0.29, 0.717) is 19.5 Å². The number of hydrogen-bond acceptors (Lipinski definition) is 4. The lowest BCUT2D eigenvalue weighted by molar-refractivity contribution is 0.193. The van der Waals surface area contributed by atoms with Crippen LogP contribution in [0.25, 0.3) is 0 Å². The maximum Gasteiger partial charge on any atom is 0.317 e. The minimum Gasteiger partial charge on any atom is -0.489 e. The summed E-state index contributed by atoms with van der Waals surface area (Å²) >= 11 is 0. The van der Waals surface area contributed by atoms with E-state index in [9.17, 15) is 17.6 Å². The molecule has 1 aromatic rings. The lowest BCUT2D eigenvalue weighted by Crippen LogP contribution is -2.41. The molecule has 1 N–H and O–H groups in total. The normalized spacial score (nSPS) is 19.3. The summed E-state index contributed by atoms with van der Waals surface area (Å²) in [7, 11) is -1.33. The smallest absolute Gasteiger partial charge is 0.317 e. The Balaban J connectivity index is 1.68. The number of ether oxygens (including phenoxy) is 1. The molecular formula is C15H21FN2O4S. The summed E-state index contributed by atoms with van der Waals surface area (Å²) in [4.78, 5) is 13.3. The molecule has 0 aliphatic carbocycles. The molecule has 1 fully saturated rings. The Kier molecular flexibility index (Phi) is 5.81. The van der Waals surface area contributed by atoms with E-state index in [0.717, 1.165) is 0 Å². The van der Waals surface area contributed by atoms with Gasteiger partial charge in [-0.05, 0) is 24.5 Å². The Morgan fingerprint density at radius 2 is 2.17 bits per heavy atom. The monoisotopic (exact) mass is 344 g/mol. The van der Waals surface area contributed by atoms with Crippen molar-refractivity contribution in [2.24, 2.45) is 5.92 Å². The molecule has 0 bridgehead atoms. The van der Waals surface area contributed by atoms with Crippen molar-refractivity contribution < 1.29 is 22.3 Å². The molecule has 0 unspecified atom stereocenters. The third-order valence-electron chi connectivity index (χ3n) is 3.74. The quantitative estimate of drug-likeness (QED) is 0.843. The molecule has 1 saturated heterocycles. The van der Waals surface area contributed by atoms with Gasteiger partial charge in [0.25, 0.3) is 0 Å². The van der Waals surface area contributed by atoms with Gasteiger partial charge in [-0.15, -0.1) is 0 Å². The summed E-state index contributed by atoms with van der Waals surface area (Å²) in [6.45, 7) is 0.808. The van der Waals surface area contributed by atoms with E-state index < -0.39 is 15.7 Å². The summed E-state index contributed by atoms with van der Waals surface area (Å²) in [6.07, 6.45) is 0.586. The number of carbonyl (C=O) groups is 1. The molecule has 1 atom stereocenters. The number of rotatable bonds is 6. The SMILES string of the molecule is CN(CCOc1ccccc1F)C(=O)NC[C@H]1CCS(=O)(=O)C1. The van der Waals surface area contributed by atoms with Crippen LogP contribution in [-0.4, -0.2) is 57.6 Å². The van der Waals surface area contributed by atoms with E-state index in [1.54, 1.807) is 19.2 Å². The fourth-order valence-corrected chi connectivity index (χ4v) is 4.22. The van der Waals surface area contributed by atoms with Crippen LogP contribution in [0.2, 0.25) is 0 Å². The highest BCUT2D eigenvalue weighted by atomic mass is 32.2. The number of para-hydroxylation sites is 1. The average Bonchev–Trinajstić information content (AvgIpc) is 2.86. The molecule has 0 aromatic heterocycles. The van der Waals surface area contributed by atoms with E-state index in [1.165, 1.54) is 17.0 Å². The van der Waals surface area contributed by atoms with Gasteiger partial charge >= 0.3 is 6.03 Å². The van der Waals surface area contributed by atoms with Gasteiger partial charge in [-0.2, -0.15) is 0 Å². The van der Waals surface area contributed by atoms with E-state index >= 15 is 0 Å². The summed E-state index contributed by atoms with van der Waals surface area (Å²) in [6, 6.07) is 5.78. The molecule has 1 aliphatic rings. The Morgan fingerprint density at radius 3 is 2.83 bits per heavy atom. The molecule has 1 heterocycles. The first kappa shape index (κ1) is 17.5. The van der Waals surface area contributed by atoms with Crippen LogP contribution in [0.1, 0.15) is 6.42 Å². The molecule has 0 spiro atoms. The molecule has 128 valence electrons. The number of urea groups is 1. The van der Waals surface area contributed by atoms with Gasteiger partial charge in [0.2, 0.25) is 0 Å². The number of nitrogens with zero attached hydrogens (tertiary/aromatic N) is 1. The minimum absolute atomic E-state index is 0.0213. The van der Waals surface area contributed by atoms with Gasteiger partial charge in [0, 0.05) is 13.6 Å². The van der Waals surface area contributed by atoms with Crippen LogP contribution in [0.4, 0.5) is 9.18 Å². The van der Waals surface area contributed by atoms with Crippen molar-refractivity contribution in [3.05, 3.63) is 30.1 Å². The van der Waals surface area contributed by atoms with Crippen LogP contribution in [0, 0.1) is 11.7 Å². The zero-order chi connectivity index (χ0) is 16.9. The lowest BCUT2D eigenvalue weighted by atomic mass is 10.1. The maximum absolute atomic E-state index is 13.4. The molecule has 0 radical (unpaired) electrons. The summed E-state index contributed by atoms with van der Waals surface area (Å²) in [5.41, 5.74) is 0. The zero-order valence-corrected chi connectivity index (χ0v) is 13.8. The van der Waals surface area contributed by atoms with Crippen molar-refractivity contribution in [1.29, 1.82) is 0 Å². The number of likely N-dealkylation sites (N-methyl/N-ethyl adjacent to an activating group) is 1. The van der Waals surface area contributed by atoms with Crippen LogP contribution in [-0.2, 0) is 9.84 Å². The van der Waals surface area contributed by atoms with Gasteiger partial charge in [-0.25, -0.2) is 17.6 Å². The lowest BCUT2D eigenvalue weighted by Gasteiger charge is -2.19. The highest BCUT2D eigenvalue weighted by molar-refractivity contribution is 7.91. The van der Waals surface area contributed by atoms with E-state index in [4.69, 9.17) is 4.74 Å². The largest absolute Gasteiger partial charge is 0.489 e. The maximum atomic E-state index is 13.4. The number of carbonyl (C=O) groups excluding carboxylic acids is 1. The van der Waals surface area contributed by atoms with Crippen molar-refractivity contribution in [2.45, 2.75) is 6.42 Å². The predicted molar refractivity (Wildman–Crippen MR) is 84.7 cm³/mol. The number of benzene rings is 1. The Bertz CT molecular complexity index is 651. The van der Waals surface area contributed by atoms with Crippen molar-refractivity contribution in [1.82, 2.24) is 10.2 Å². The number of sulfone groups is 1. The molecule has 8 heteroatoms. The topological polar surface area (TPSA) is 75.7 Å². The van der Waals surface area contributed by atoms with Crippen LogP contribution in [0.15, 0.2) is 24.3 Å². The first-order valence-corrected chi connectivity index (χ1v) is 9.26. The number of halogens is 1. The number of hydrogen-bond donors (Lipinski definition) is 1. The van der Waals surface area contributed by atoms with Gasteiger partial charge in [0.05, 0.1) is 18.1 Å². The Morgan fingerprint density at radius 1 is 1.43 bits per heavy atom. The minimum atomic E-state index is -2.93. The first-order chi connectivity index (χ1) is 10.9. The van der Waals surface area contributed by atoms with Crippen molar-refractivity contribution in [3.8, 4) is 5.75 Å². The zero-order valence-electron chi connectivity index (χ0n) is 13.0. The molecular weight excluding hydrogens is 323 g/mol. The number of amides is 2. The van der Waals surface area contributed by atoms with Gasteiger partial charge in [0.1, 0.15) is 6.61 Å². The van der Waals surface area contributed by atoms with Gasteiger partial charge in [-0.1, -0.05) is 12.1 Å². The second kappa shape index (κ2) is 7.63. The van der Waals surface area contributed by atoms with Gasteiger partial charge in [0.15, 0.2) is 21.4 Å². The average molecular weight is 344 g/mol. The Hall–Kier alpha value is -1.83. The molecule has 2 amide bonds. The summed E-state index contributed by atoms with van der Waals surface area (Å²) < 4.78 is 41.4. The second-order valence-corrected chi connectivity index (χ2v) is 7.88. The van der Waals surface area contributed by atoms with Crippen LogP contribution < -0.4 is 10.1 Å². The fourth-order valence-electron chi connectivity index (χ4n) is 2.36. The third-order valence-corrected chi connectivity index (χ3v) is 5.57. The molecule has 1 aromatic carbocycles. The van der Waals surface area contributed by atoms with E-state index in [-0.39, 0.29) is 35.8 Å². The number of nitrogens with one attached hydrogen (secondary N) is 1. The summed E-state index contributed by atoms with van der Waals surface area (Å²) in [5.74, 6) is 0.0132. The van der Waals surface area contributed by atoms with Gasteiger partial charge < -0.3 is 15.0 Å². The summed E-state index contributed by atoms with van der Waals surface area (Å²) in [5, 5.41) is 2.72. The highest BCUT2D eigenvalue weighted by Gasteiger charge is 2.28. The molecule has 1 aliphatic heterocycles. The van der Waals surface area contributed by atoms with Crippen molar-refractivity contribution in [3.63, 3.8) is 0 Å². The predicted octanol–water partition coefficient (Wildman–Crippen LogP) is 1.28. The molecule has 0 saturated carbocycles. The molecule has 2 rings (SSSR count). The fraction of sp³-hybridized carbons (Fsp3) is 0.533. The third kappa shape index (κ3) is 5.38. The first-order valence-electron chi connectivity index (χ1n) is 7.44. The van der Waals surface area contributed by atoms with Crippen molar-refractivity contribution in [2.75, 3.05) is 38.2 Å².